The molecule has 0 radical (unpaired) electrons. The number of anilines is 1. The number of nitrogen functional groups attached to an aromatic ring is 1. The molecule has 5 nitrogen and oxygen atoms in total. The van der Waals surface area contributed by atoms with Crippen molar-refractivity contribution in [3.8, 4) is 5.75 Å². The van der Waals surface area contributed by atoms with Crippen molar-refractivity contribution in [1.82, 2.24) is 0 Å². The van der Waals surface area contributed by atoms with Crippen LogP contribution in [0.25, 0.3) is 0 Å². The third kappa shape index (κ3) is 1.87. The van der Waals surface area contributed by atoms with Gasteiger partial charge in [-0.25, -0.2) is 0 Å². The first-order valence-corrected chi connectivity index (χ1v) is 3.82. The van der Waals surface area contributed by atoms with Crippen molar-refractivity contribution in [3.05, 3.63) is 28.3 Å². The topological polar surface area (TPSA) is 78.4 Å². The average Bonchev–Trinajstić information content (AvgIpc) is 2.08. The van der Waals surface area contributed by atoms with Crippen LogP contribution in [0.5, 0.6) is 5.75 Å². The summed E-state index contributed by atoms with van der Waals surface area (Å²) in [5.41, 5.74) is 5.71. The fraction of sp³-hybridized carbons (Fsp3) is 0.250. The van der Waals surface area contributed by atoms with Gasteiger partial charge < -0.3 is 10.5 Å². The Morgan fingerprint density at radius 3 is 2.85 bits per heavy atom. The highest BCUT2D eigenvalue weighted by Crippen LogP contribution is 2.32. The largest absolute Gasteiger partial charge is 0.486 e. The van der Waals surface area contributed by atoms with Gasteiger partial charge >= 0.3 is 5.69 Å². The number of hydrogen-bond acceptors (Lipinski definition) is 4. The van der Waals surface area contributed by atoms with Crippen molar-refractivity contribution in [2.45, 2.75) is 6.92 Å². The van der Waals surface area contributed by atoms with Gasteiger partial charge in [-0.2, -0.15) is 0 Å². The molecule has 0 heterocycles. The molecule has 1 aromatic rings. The van der Waals surface area contributed by atoms with E-state index in [1.807, 2.05) is 0 Å². The molecule has 0 amide bonds. The summed E-state index contributed by atoms with van der Waals surface area (Å²) >= 11 is 0. The predicted octanol–water partition coefficient (Wildman–Crippen LogP) is 1.58. The van der Waals surface area contributed by atoms with E-state index in [9.17, 15) is 10.1 Å². The second-order valence-electron chi connectivity index (χ2n) is 2.39. The Morgan fingerprint density at radius 2 is 2.31 bits per heavy atom. The smallest absolute Gasteiger partial charge is 0.313 e. The van der Waals surface area contributed by atoms with Crippen LogP contribution in [0.4, 0.5) is 11.4 Å². The van der Waals surface area contributed by atoms with Gasteiger partial charge in [0.1, 0.15) is 0 Å². The Labute approximate surface area is 75.3 Å². The van der Waals surface area contributed by atoms with Gasteiger partial charge in [-0.15, -0.1) is 0 Å². The van der Waals surface area contributed by atoms with Crippen LogP contribution in [-0.2, 0) is 0 Å². The van der Waals surface area contributed by atoms with Crippen LogP contribution < -0.4 is 10.5 Å². The van der Waals surface area contributed by atoms with Gasteiger partial charge in [0.25, 0.3) is 0 Å². The molecule has 0 spiro atoms. The molecule has 5 heteroatoms. The molecule has 0 aliphatic rings. The van der Waals surface area contributed by atoms with E-state index >= 15 is 0 Å². The maximum Gasteiger partial charge on any atom is 0.313 e. The minimum Gasteiger partial charge on any atom is -0.486 e. The normalized spacial score (nSPS) is 9.62. The average molecular weight is 182 g/mol. The van der Waals surface area contributed by atoms with Crippen molar-refractivity contribution in [2.24, 2.45) is 0 Å². The Morgan fingerprint density at radius 1 is 1.62 bits per heavy atom. The summed E-state index contributed by atoms with van der Waals surface area (Å²) in [4.78, 5) is 10.0. The zero-order valence-electron chi connectivity index (χ0n) is 7.19. The predicted molar refractivity (Wildman–Crippen MR) is 48.7 cm³/mol. The molecule has 0 fully saturated rings. The monoisotopic (exact) mass is 182 g/mol. The fourth-order valence-corrected chi connectivity index (χ4v) is 0.988. The number of para-hydroxylation sites is 1. The minimum absolute atomic E-state index is 0.0955. The van der Waals surface area contributed by atoms with E-state index in [2.05, 4.69) is 0 Å². The van der Waals surface area contributed by atoms with Crippen LogP contribution >= 0.6 is 0 Å². The van der Waals surface area contributed by atoms with Crippen LogP contribution in [0.2, 0.25) is 0 Å². The zero-order valence-corrected chi connectivity index (χ0v) is 7.19. The molecule has 70 valence electrons. The van der Waals surface area contributed by atoms with Crippen LogP contribution in [0.1, 0.15) is 6.92 Å². The van der Waals surface area contributed by atoms with Crippen LogP contribution in [-0.4, -0.2) is 11.5 Å². The SMILES string of the molecule is CCOc1c(N)cccc1[N+](=O)[O-]. The van der Waals surface area contributed by atoms with E-state index < -0.39 is 4.92 Å². The Balaban J connectivity index is 3.17. The van der Waals surface area contributed by atoms with Gasteiger partial charge in [-0.05, 0) is 13.0 Å². The highest BCUT2D eigenvalue weighted by molar-refractivity contribution is 5.63. The quantitative estimate of drug-likeness (QED) is 0.437. The number of benzene rings is 1. The lowest BCUT2D eigenvalue weighted by Crippen LogP contribution is -2.00. The lowest BCUT2D eigenvalue weighted by molar-refractivity contribution is -0.385. The first-order chi connectivity index (χ1) is 6.16. The highest BCUT2D eigenvalue weighted by atomic mass is 16.6. The molecule has 0 bridgehead atoms. The van der Waals surface area contributed by atoms with Gasteiger partial charge in [0, 0.05) is 6.07 Å². The summed E-state index contributed by atoms with van der Waals surface area (Å²) in [6.07, 6.45) is 0. The van der Waals surface area contributed by atoms with Crippen molar-refractivity contribution in [2.75, 3.05) is 12.3 Å². The molecule has 0 unspecified atom stereocenters. The molecular formula is C8H10N2O3. The van der Waals surface area contributed by atoms with Crippen molar-refractivity contribution in [1.29, 1.82) is 0 Å². The molecule has 0 aliphatic carbocycles. The fourth-order valence-electron chi connectivity index (χ4n) is 0.988. The van der Waals surface area contributed by atoms with Crippen LogP contribution in [0.3, 0.4) is 0 Å². The Hall–Kier alpha value is -1.78. The van der Waals surface area contributed by atoms with E-state index in [0.29, 0.717) is 6.61 Å². The summed E-state index contributed by atoms with van der Waals surface area (Å²) in [5.74, 6) is 0.148. The first-order valence-electron chi connectivity index (χ1n) is 3.82. The number of ether oxygens (including phenoxy) is 1. The molecule has 0 atom stereocenters. The van der Waals surface area contributed by atoms with Crippen LogP contribution in [0.15, 0.2) is 18.2 Å². The second-order valence-corrected chi connectivity index (χ2v) is 2.39. The molecule has 0 aromatic heterocycles. The third-order valence-corrected chi connectivity index (χ3v) is 1.51. The maximum absolute atomic E-state index is 10.5. The summed E-state index contributed by atoms with van der Waals surface area (Å²) < 4.78 is 5.06. The number of rotatable bonds is 3. The first kappa shape index (κ1) is 9.31. The summed E-state index contributed by atoms with van der Waals surface area (Å²) in [6.45, 7) is 2.10. The number of nitro groups is 1. The number of nitrogens with zero attached hydrogens (tertiary/aromatic N) is 1. The number of nitro benzene ring substituents is 1. The molecule has 13 heavy (non-hydrogen) atoms. The molecule has 0 saturated heterocycles. The summed E-state index contributed by atoms with van der Waals surface area (Å²) in [6, 6.07) is 4.45. The van der Waals surface area contributed by atoms with Crippen molar-refractivity contribution < 1.29 is 9.66 Å². The van der Waals surface area contributed by atoms with Gasteiger partial charge in [0.2, 0.25) is 5.75 Å². The maximum atomic E-state index is 10.5. The zero-order chi connectivity index (χ0) is 9.84. The standard InChI is InChI=1S/C8H10N2O3/c1-2-13-8-6(9)4-3-5-7(8)10(11)12/h3-5H,2,9H2,1H3. The van der Waals surface area contributed by atoms with Crippen molar-refractivity contribution in [3.63, 3.8) is 0 Å². The van der Waals surface area contributed by atoms with Gasteiger partial charge in [-0.1, -0.05) is 6.07 Å². The van der Waals surface area contributed by atoms with E-state index in [0.717, 1.165) is 0 Å². The van der Waals surface area contributed by atoms with E-state index in [4.69, 9.17) is 10.5 Å². The van der Waals surface area contributed by atoms with Crippen molar-refractivity contribution >= 4 is 11.4 Å². The minimum atomic E-state index is -0.513. The molecule has 1 rings (SSSR count). The molecule has 0 saturated carbocycles. The molecule has 0 aliphatic heterocycles. The Kier molecular flexibility index (Phi) is 2.69. The van der Waals surface area contributed by atoms with Gasteiger partial charge in [-0.3, -0.25) is 10.1 Å². The van der Waals surface area contributed by atoms with Gasteiger partial charge in [0.05, 0.1) is 17.2 Å². The highest BCUT2D eigenvalue weighted by Gasteiger charge is 2.16. The Bertz CT molecular complexity index is 325. The van der Waals surface area contributed by atoms with Crippen LogP contribution in [0, 0.1) is 10.1 Å². The number of hydrogen-bond donors (Lipinski definition) is 1. The summed E-state index contributed by atoms with van der Waals surface area (Å²) in [7, 11) is 0. The lowest BCUT2D eigenvalue weighted by atomic mass is 10.2. The van der Waals surface area contributed by atoms with E-state index in [1.165, 1.54) is 12.1 Å². The van der Waals surface area contributed by atoms with E-state index in [-0.39, 0.29) is 17.1 Å². The molecule has 2 N–H and O–H groups in total. The molecule has 1 aromatic carbocycles. The van der Waals surface area contributed by atoms with E-state index in [1.54, 1.807) is 13.0 Å². The lowest BCUT2D eigenvalue weighted by Gasteiger charge is -2.05. The second kappa shape index (κ2) is 3.75. The summed E-state index contributed by atoms with van der Waals surface area (Å²) in [5, 5.41) is 10.5. The third-order valence-electron chi connectivity index (χ3n) is 1.51. The van der Waals surface area contributed by atoms with Gasteiger partial charge in [0.15, 0.2) is 0 Å². The molecular weight excluding hydrogens is 172 g/mol. The number of nitrogens with two attached hydrogens (primary N) is 1.